The maximum absolute atomic E-state index is 10.6. The van der Waals surface area contributed by atoms with E-state index in [-0.39, 0.29) is 24.9 Å². The molecule has 3 unspecified atom stereocenters. The third-order valence-corrected chi connectivity index (χ3v) is 2.97. The second kappa shape index (κ2) is 3.84. The molecule has 0 radical (unpaired) electrons. The van der Waals surface area contributed by atoms with E-state index in [0.717, 1.165) is 25.8 Å². The van der Waals surface area contributed by atoms with Crippen molar-refractivity contribution in [1.82, 2.24) is 4.90 Å². The molecule has 14 heavy (non-hydrogen) atoms. The van der Waals surface area contributed by atoms with Crippen molar-refractivity contribution in [1.29, 1.82) is 0 Å². The number of nitrogens with two attached hydrogens (primary N) is 1. The Morgan fingerprint density at radius 1 is 1.64 bits per heavy atom. The summed E-state index contributed by atoms with van der Waals surface area (Å²) in [6.07, 6.45) is 2.91. The first-order valence-electron chi connectivity index (χ1n) is 5.03. The quantitative estimate of drug-likeness (QED) is 0.635. The highest BCUT2D eigenvalue weighted by Crippen LogP contribution is 2.29. The van der Waals surface area contributed by atoms with Gasteiger partial charge < -0.3 is 15.6 Å². The van der Waals surface area contributed by atoms with Crippen LogP contribution < -0.4 is 5.73 Å². The Hall–Kier alpha value is -0.650. The van der Waals surface area contributed by atoms with Crippen LogP contribution in [0.5, 0.6) is 0 Å². The standard InChI is InChI=1S/C9H16N2O3/c10-6-2-1-3-11(5-9(12)13)8-4-7(6)14-8/h6-8H,1-5,10H2,(H,12,13). The summed E-state index contributed by atoms with van der Waals surface area (Å²) in [6, 6.07) is 0.137. The van der Waals surface area contributed by atoms with Gasteiger partial charge in [-0.25, -0.2) is 0 Å². The molecule has 3 rings (SSSR count). The van der Waals surface area contributed by atoms with Crippen LogP contribution in [0.15, 0.2) is 0 Å². The lowest BCUT2D eigenvalue weighted by molar-refractivity contribution is -0.214. The van der Waals surface area contributed by atoms with Gasteiger partial charge in [0, 0.05) is 19.0 Å². The summed E-state index contributed by atoms with van der Waals surface area (Å²) >= 11 is 0. The first-order chi connectivity index (χ1) is 6.66. The van der Waals surface area contributed by atoms with Gasteiger partial charge in [-0.1, -0.05) is 0 Å². The van der Waals surface area contributed by atoms with Crippen LogP contribution in [0.2, 0.25) is 0 Å². The van der Waals surface area contributed by atoms with Crippen molar-refractivity contribution in [3.8, 4) is 0 Å². The van der Waals surface area contributed by atoms with Gasteiger partial charge in [-0.05, 0) is 12.8 Å². The van der Waals surface area contributed by atoms with Crippen molar-refractivity contribution < 1.29 is 14.6 Å². The third kappa shape index (κ3) is 1.89. The average Bonchev–Trinajstić information content (AvgIpc) is 1.96. The van der Waals surface area contributed by atoms with Crippen LogP contribution >= 0.6 is 0 Å². The fourth-order valence-corrected chi connectivity index (χ4v) is 2.11. The summed E-state index contributed by atoms with van der Waals surface area (Å²) in [6.45, 7) is 0.851. The molecule has 0 aromatic heterocycles. The van der Waals surface area contributed by atoms with Crippen LogP contribution in [0.25, 0.3) is 0 Å². The third-order valence-electron chi connectivity index (χ3n) is 2.97. The summed E-state index contributed by atoms with van der Waals surface area (Å²) in [5.41, 5.74) is 5.87. The van der Waals surface area contributed by atoms with Crippen molar-refractivity contribution in [3.05, 3.63) is 0 Å². The van der Waals surface area contributed by atoms with E-state index in [4.69, 9.17) is 15.6 Å². The van der Waals surface area contributed by atoms with Gasteiger partial charge in [-0.3, -0.25) is 9.69 Å². The number of carboxylic acids is 1. The highest BCUT2D eigenvalue weighted by Gasteiger charge is 2.40. The zero-order chi connectivity index (χ0) is 10.1. The van der Waals surface area contributed by atoms with Crippen LogP contribution in [0.4, 0.5) is 0 Å². The summed E-state index contributed by atoms with van der Waals surface area (Å²) < 4.78 is 5.54. The number of aliphatic carboxylic acids is 1. The van der Waals surface area contributed by atoms with Crippen molar-refractivity contribution >= 4 is 5.97 Å². The minimum atomic E-state index is -0.790. The molecule has 2 bridgehead atoms. The Bertz CT molecular complexity index is 228. The number of hydrogen-bond acceptors (Lipinski definition) is 4. The Morgan fingerprint density at radius 3 is 3.00 bits per heavy atom. The molecule has 0 spiro atoms. The number of carbonyl (C=O) groups is 1. The molecular formula is C9H16N2O3. The Balaban J connectivity index is 1.91. The maximum Gasteiger partial charge on any atom is 0.317 e. The van der Waals surface area contributed by atoms with E-state index in [1.54, 1.807) is 0 Å². The highest BCUT2D eigenvalue weighted by molar-refractivity contribution is 5.69. The molecule has 80 valence electrons. The molecule has 5 nitrogen and oxygen atoms in total. The number of nitrogens with zero attached hydrogens (tertiary/aromatic N) is 1. The lowest BCUT2D eigenvalue weighted by Crippen LogP contribution is -2.59. The molecule has 3 aliphatic rings. The van der Waals surface area contributed by atoms with Crippen molar-refractivity contribution in [3.63, 3.8) is 0 Å². The van der Waals surface area contributed by atoms with Crippen molar-refractivity contribution in [2.75, 3.05) is 13.1 Å². The van der Waals surface area contributed by atoms with Crippen LogP contribution in [0, 0.1) is 0 Å². The van der Waals surface area contributed by atoms with E-state index in [9.17, 15) is 4.79 Å². The lowest BCUT2D eigenvalue weighted by Gasteiger charge is -2.46. The normalized spacial score (nSPS) is 38.2. The van der Waals surface area contributed by atoms with Gasteiger partial charge in [0.05, 0.1) is 12.6 Å². The van der Waals surface area contributed by atoms with Crippen LogP contribution in [0.1, 0.15) is 19.3 Å². The lowest BCUT2D eigenvalue weighted by atomic mass is 9.95. The molecule has 0 amide bonds. The van der Waals surface area contributed by atoms with Crippen LogP contribution in [0.3, 0.4) is 0 Å². The Kier molecular flexibility index (Phi) is 2.71. The molecule has 3 heterocycles. The van der Waals surface area contributed by atoms with E-state index < -0.39 is 5.97 Å². The summed E-state index contributed by atoms with van der Waals surface area (Å²) in [7, 11) is 0. The van der Waals surface area contributed by atoms with E-state index in [2.05, 4.69) is 0 Å². The molecular weight excluding hydrogens is 184 g/mol. The zero-order valence-corrected chi connectivity index (χ0v) is 8.06. The molecule has 3 aliphatic heterocycles. The first-order valence-corrected chi connectivity index (χ1v) is 5.03. The van der Waals surface area contributed by atoms with Gasteiger partial charge in [0.25, 0.3) is 0 Å². The van der Waals surface area contributed by atoms with Crippen molar-refractivity contribution in [2.45, 2.75) is 37.6 Å². The first kappa shape index (κ1) is 9.89. The number of rotatable bonds is 2. The van der Waals surface area contributed by atoms with E-state index in [1.165, 1.54) is 0 Å². The van der Waals surface area contributed by atoms with Crippen LogP contribution in [-0.2, 0) is 9.53 Å². The summed E-state index contributed by atoms with van der Waals surface area (Å²) in [4.78, 5) is 12.5. The second-order valence-electron chi connectivity index (χ2n) is 4.04. The highest BCUT2D eigenvalue weighted by atomic mass is 16.5. The molecule has 0 aromatic rings. The predicted molar refractivity (Wildman–Crippen MR) is 49.7 cm³/mol. The largest absolute Gasteiger partial charge is 0.480 e. The van der Waals surface area contributed by atoms with Gasteiger partial charge in [-0.2, -0.15) is 0 Å². The Labute approximate surface area is 82.8 Å². The Morgan fingerprint density at radius 2 is 2.36 bits per heavy atom. The maximum atomic E-state index is 10.6. The minimum absolute atomic E-state index is 0.0116. The molecule has 0 aliphatic carbocycles. The predicted octanol–water partition coefficient (Wildman–Crippen LogP) is -0.391. The average molecular weight is 200 g/mol. The number of hydrogen-bond donors (Lipinski definition) is 2. The van der Waals surface area contributed by atoms with Gasteiger partial charge in [-0.15, -0.1) is 0 Å². The van der Waals surface area contributed by atoms with Crippen LogP contribution in [-0.4, -0.2) is 47.4 Å². The smallest absolute Gasteiger partial charge is 0.317 e. The molecule has 3 N–H and O–H groups in total. The van der Waals surface area contributed by atoms with Gasteiger partial charge in [0.1, 0.15) is 6.23 Å². The number of carboxylic acid groups (broad SMARTS) is 1. The van der Waals surface area contributed by atoms with Crippen molar-refractivity contribution in [2.24, 2.45) is 5.73 Å². The van der Waals surface area contributed by atoms with Gasteiger partial charge in [0.2, 0.25) is 0 Å². The molecule has 5 heteroatoms. The summed E-state index contributed by atoms with van der Waals surface area (Å²) in [5.74, 6) is -0.790. The fraction of sp³-hybridized carbons (Fsp3) is 0.889. The van der Waals surface area contributed by atoms with E-state index in [1.807, 2.05) is 4.90 Å². The summed E-state index contributed by atoms with van der Waals surface area (Å²) in [5, 5.41) is 8.69. The molecule has 3 saturated heterocycles. The zero-order valence-electron chi connectivity index (χ0n) is 8.06. The number of fused-ring (bicyclic) bond motifs is 4. The monoisotopic (exact) mass is 200 g/mol. The van der Waals surface area contributed by atoms with Gasteiger partial charge >= 0.3 is 5.97 Å². The van der Waals surface area contributed by atoms with E-state index in [0.29, 0.717) is 0 Å². The molecule has 0 saturated carbocycles. The topological polar surface area (TPSA) is 75.8 Å². The second-order valence-corrected chi connectivity index (χ2v) is 4.04. The molecule has 3 fully saturated rings. The SMILES string of the molecule is NC1CCCN(CC(=O)O)C2CC1O2. The molecule has 3 atom stereocenters. The van der Waals surface area contributed by atoms with E-state index >= 15 is 0 Å². The van der Waals surface area contributed by atoms with Gasteiger partial charge in [0.15, 0.2) is 0 Å². The molecule has 0 aromatic carbocycles. The number of ether oxygens (including phenoxy) is 1. The minimum Gasteiger partial charge on any atom is -0.480 e. The fourth-order valence-electron chi connectivity index (χ4n) is 2.11.